The standard InChI is InChI=1S/C18H26N4S/c1-13-6-8-16(9-7-13)12-22(5)18(19-4)20-11-10-17-14(2)21-15(3)23-17/h6-9H,10-12H2,1-5H3,(H,19,20). The molecule has 0 saturated heterocycles. The molecule has 0 radical (unpaired) electrons. The molecule has 0 unspecified atom stereocenters. The van der Waals surface area contributed by atoms with Crippen LogP contribution in [0, 0.1) is 20.8 Å². The predicted octanol–water partition coefficient (Wildman–Crippen LogP) is 3.32. The lowest BCUT2D eigenvalue weighted by Gasteiger charge is -2.22. The molecule has 0 aliphatic rings. The molecule has 0 aliphatic carbocycles. The summed E-state index contributed by atoms with van der Waals surface area (Å²) in [7, 11) is 3.90. The van der Waals surface area contributed by atoms with E-state index in [4.69, 9.17) is 0 Å². The van der Waals surface area contributed by atoms with Crippen LogP contribution < -0.4 is 5.32 Å². The minimum absolute atomic E-state index is 0.846. The minimum atomic E-state index is 0.846. The zero-order valence-electron chi connectivity index (χ0n) is 14.7. The van der Waals surface area contributed by atoms with E-state index >= 15 is 0 Å². The topological polar surface area (TPSA) is 40.5 Å². The number of aromatic nitrogens is 1. The average molecular weight is 331 g/mol. The molecule has 2 aromatic rings. The van der Waals surface area contributed by atoms with Crippen LogP contribution in [0.5, 0.6) is 0 Å². The second kappa shape index (κ2) is 8.11. The Balaban J connectivity index is 1.86. The second-order valence-electron chi connectivity index (χ2n) is 5.81. The summed E-state index contributed by atoms with van der Waals surface area (Å²) >= 11 is 1.78. The molecule has 0 saturated carbocycles. The normalized spacial score (nSPS) is 11.6. The van der Waals surface area contributed by atoms with Crippen molar-refractivity contribution >= 4 is 17.3 Å². The lowest BCUT2D eigenvalue weighted by molar-refractivity contribution is 0.477. The summed E-state index contributed by atoms with van der Waals surface area (Å²) in [6, 6.07) is 8.63. The molecule has 0 atom stereocenters. The minimum Gasteiger partial charge on any atom is -0.356 e. The lowest BCUT2D eigenvalue weighted by atomic mass is 10.1. The van der Waals surface area contributed by atoms with Gasteiger partial charge >= 0.3 is 0 Å². The molecule has 0 amide bonds. The third-order valence-corrected chi connectivity index (χ3v) is 4.88. The molecular formula is C18H26N4S. The first-order valence-corrected chi connectivity index (χ1v) is 8.71. The SMILES string of the molecule is CN=C(NCCc1sc(C)nc1C)N(C)Cc1ccc(C)cc1. The zero-order chi connectivity index (χ0) is 16.8. The molecule has 5 heteroatoms. The average Bonchev–Trinajstić information content (AvgIpc) is 2.84. The van der Waals surface area contributed by atoms with Crippen LogP contribution in [-0.4, -0.2) is 36.5 Å². The molecule has 1 heterocycles. The number of aliphatic imine (C=N–C) groups is 1. The van der Waals surface area contributed by atoms with Crippen molar-refractivity contribution in [1.82, 2.24) is 15.2 Å². The Morgan fingerprint density at radius 1 is 1.22 bits per heavy atom. The van der Waals surface area contributed by atoms with Gasteiger partial charge in [-0.1, -0.05) is 29.8 Å². The van der Waals surface area contributed by atoms with Gasteiger partial charge in [-0.2, -0.15) is 0 Å². The Morgan fingerprint density at radius 3 is 2.48 bits per heavy atom. The van der Waals surface area contributed by atoms with Crippen molar-refractivity contribution < 1.29 is 0 Å². The Labute approximate surface area is 143 Å². The number of hydrogen-bond donors (Lipinski definition) is 1. The highest BCUT2D eigenvalue weighted by molar-refractivity contribution is 7.11. The molecule has 23 heavy (non-hydrogen) atoms. The maximum Gasteiger partial charge on any atom is 0.193 e. The summed E-state index contributed by atoms with van der Waals surface area (Å²) in [4.78, 5) is 12.4. The highest BCUT2D eigenvalue weighted by Gasteiger charge is 2.08. The fourth-order valence-corrected chi connectivity index (χ4v) is 3.46. The van der Waals surface area contributed by atoms with Crippen LogP contribution in [0.4, 0.5) is 0 Å². The highest BCUT2D eigenvalue weighted by Crippen LogP contribution is 2.17. The van der Waals surface area contributed by atoms with Gasteiger partial charge in [0.15, 0.2) is 5.96 Å². The number of guanidine groups is 1. The Kier molecular flexibility index (Phi) is 6.16. The van der Waals surface area contributed by atoms with E-state index in [9.17, 15) is 0 Å². The van der Waals surface area contributed by atoms with Gasteiger partial charge in [0, 0.05) is 38.5 Å². The van der Waals surface area contributed by atoms with Crippen LogP contribution in [0.15, 0.2) is 29.3 Å². The summed E-state index contributed by atoms with van der Waals surface area (Å²) in [5, 5.41) is 4.58. The van der Waals surface area contributed by atoms with E-state index in [1.165, 1.54) is 16.0 Å². The summed E-state index contributed by atoms with van der Waals surface area (Å²) in [6.45, 7) is 7.96. The number of nitrogens with zero attached hydrogens (tertiary/aromatic N) is 3. The van der Waals surface area contributed by atoms with Gasteiger partial charge in [-0.05, 0) is 26.3 Å². The van der Waals surface area contributed by atoms with Crippen LogP contribution in [0.2, 0.25) is 0 Å². The van der Waals surface area contributed by atoms with E-state index in [0.29, 0.717) is 0 Å². The van der Waals surface area contributed by atoms with Gasteiger partial charge in [0.2, 0.25) is 0 Å². The van der Waals surface area contributed by atoms with E-state index in [2.05, 4.69) is 72.3 Å². The van der Waals surface area contributed by atoms with Gasteiger partial charge in [-0.25, -0.2) is 4.98 Å². The second-order valence-corrected chi connectivity index (χ2v) is 7.09. The molecule has 0 bridgehead atoms. The number of nitrogens with one attached hydrogen (secondary N) is 1. The third kappa shape index (κ3) is 5.06. The van der Waals surface area contributed by atoms with E-state index in [1.807, 2.05) is 7.05 Å². The van der Waals surface area contributed by atoms with Gasteiger partial charge in [0.25, 0.3) is 0 Å². The molecule has 1 aromatic heterocycles. The van der Waals surface area contributed by atoms with Crippen LogP contribution in [0.1, 0.15) is 26.7 Å². The monoisotopic (exact) mass is 330 g/mol. The number of benzene rings is 1. The molecule has 2 rings (SSSR count). The Hall–Kier alpha value is -1.88. The lowest BCUT2D eigenvalue weighted by Crippen LogP contribution is -2.39. The number of aryl methyl sites for hydroxylation is 3. The first kappa shape index (κ1) is 17.5. The van der Waals surface area contributed by atoms with E-state index in [1.54, 1.807) is 11.3 Å². The fourth-order valence-electron chi connectivity index (χ4n) is 2.52. The molecule has 124 valence electrons. The van der Waals surface area contributed by atoms with Crippen molar-refractivity contribution in [2.24, 2.45) is 4.99 Å². The smallest absolute Gasteiger partial charge is 0.193 e. The van der Waals surface area contributed by atoms with Crippen LogP contribution >= 0.6 is 11.3 Å². The summed E-state index contributed by atoms with van der Waals surface area (Å²) in [5.41, 5.74) is 3.72. The highest BCUT2D eigenvalue weighted by atomic mass is 32.1. The van der Waals surface area contributed by atoms with Crippen molar-refractivity contribution in [3.63, 3.8) is 0 Å². The summed E-state index contributed by atoms with van der Waals surface area (Å²) in [6.07, 6.45) is 0.981. The van der Waals surface area contributed by atoms with Crippen molar-refractivity contribution in [3.8, 4) is 0 Å². The van der Waals surface area contributed by atoms with Gasteiger partial charge in [0.05, 0.1) is 10.7 Å². The quantitative estimate of drug-likeness (QED) is 0.675. The van der Waals surface area contributed by atoms with Crippen LogP contribution in [0.3, 0.4) is 0 Å². The molecule has 0 fully saturated rings. The maximum absolute atomic E-state index is 4.48. The van der Waals surface area contributed by atoms with Crippen LogP contribution in [-0.2, 0) is 13.0 Å². The number of thiazole rings is 1. The molecule has 1 N–H and O–H groups in total. The number of rotatable bonds is 5. The van der Waals surface area contributed by atoms with Crippen molar-refractivity contribution in [3.05, 3.63) is 51.0 Å². The van der Waals surface area contributed by atoms with E-state index in [0.717, 1.165) is 36.2 Å². The summed E-state index contributed by atoms with van der Waals surface area (Å²) in [5.74, 6) is 0.921. The molecule has 4 nitrogen and oxygen atoms in total. The first-order valence-electron chi connectivity index (χ1n) is 7.90. The van der Waals surface area contributed by atoms with Crippen LogP contribution in [0.25, 0.3) is 0 Å². The Morgan fingerprint density at radius 2 is 1.91 bits per heavy atom. The zero-order valence-corrected chi connectivity index (χ0v) is 15.5. The van der Waals surface area contributed by atoms with Crippen molar-refractivity contribution in [2.75, 3.05) is 20.6 Å². The van der Waals surface area contributed by atoms with Gasteiger partial charge in [-0.3, -0.25) is 4.99 Å². The number of hydrogen-bond acceptors (Lipinski definition) is 3. The first-order chi connectivity index (χ1) is 11.0. The molecule has 0 aliphatic heterocycles. The molecule has 1 aromatic carbocycles. The summed E-state index contributed by atoms with van der Waals surface area (Å²) < 4.78 is 0. The fraction of sp³-hybridized carbons (Fsp3) is 0.444. The van der Waals surface area contributed by atoms with Gasteiger partial charge in [0.1, 0.15) is 0 Å². The maximum atomic E-state index is 4.48. The van der Waals surface area contributed by atoms with Gasteiger partial charge < -0.3 is 10.2 Å². The van der Waals surface area contributed by atoms with Crippen molar-refractivity contribution in [2.45, 2.75) is 33.7 Å². The Bertz CT molecular complexity index is 658. The molecule has 0 spiro atoms. The van der Waals surface area contributed by atoms with E-state index < -0.39 is 0 Å². The predicted molar refractivity (Wildman–Crippen MR) is 99.3 cm³/mol. The third-order valence-electron chi connectivity index (χ3n) is 3.75. The van der Waals surface area contributed by atoms with Crippen molar-refractivity contribution in [1.29, 1.82) is 0 Å². The van der Waals surface area contributed by atoms with Gasteiger partial charge in [-0.15, -0.1) is 11.3 Å². The van der Waals surface area contributed by atoms with E-state index in [-0.39, 0.29) is 0 Å². The largest absolute Gasteiger partial charge is 0.356 e. The molecular weight excluding hydrogens is 304 g/mol.